The fourth-order valence-electron chi connectivity index (χ4n) is 4.10. The van der Waals surface area contributed by atoms with E-state index in [0.29, 0.717) is 27.0 Å². The summed E-state index contributed by atoms with van der Waals surface area (Å²) in [6, 6.07) is 15.9. The van der Waals surface area contributed by atoms with E-state index in [9.17, 15) is 19.8 Å². The van der Waals surface area contributed by atoms with Crippen LogP contribution in [0.15, 0.2) is 70.7 Å². The Balaban J connectivity index is 1.96. The number of carbonyl (C=O) groups excluding carboxylic acids is 2. The van der Waals surface area contributed by atoms with Crippen LogP contribution >= 0.6 is 15.9 Å². The molecule has 0 saturated carbocycles. The van der Waals surface area contributed by atoms with Crippen molar-refractivity contribution in [3.8, 4) is 11.5 Å². The van der Waals surface area contributed by atoms with E-state index < -0.39 is 17.7 Å². The summed E-state index contributed by atoms with van der Waals surface area (Å²) in [5, 5.41) is 21.0. The Hall–Kier alpha value is -3.58. The number of aliphatic hydroxyl groups excluding tert-OH is 1. The number of nitrogens with zero attached hydrogens (tertiary/aromatic N) is 1. The molecule has 1 amide bonds. The lowest BCUT2D eigenvalue weighted by Crippen LogP contribution is -2.30. The van der Waals surface area contributed by atoms with E-state index in [1.54, 1.807) is 36.4 Å². The van der Waals surface area contributed by atoms with Crippen LogP contribution in [0.1, 0.15) is 28.3 Å². The van der Waals surface area contributed by atoms with Gasteiger partial charge in [-0.3, -0.25) is 14.5 Å². The van der Waals surface area contributed by atoms with Crippen LogP contribution in [0.25, 0.3) is 5.76 Å². The maximum atomic E-state index is 13.3. The number of hydrogen-bond acceptors (Lipinski definition) is 5. The summed E-state index contributed by atoms with van der Waals surface area (Å²) in [5.74, 6) is -1.17. The number of ether oxygens (including phenoxy) is 1. The molecule has 2 N–H and O–H groups in total. The third kappa shape index (κ3) is 4.00. The molecular weight excluding hydrogens is 486 g/mol. The summed E-state index contributed by atoms with van der Waals surface area (Å²) in [6.07, 6.45) is 0. The number of halogens is 1. The van der Waals surface area contributed by atoms with E-state index in [-0.39, 0.29) is 17.1 Å². The molecule has 168 valence electrons. The normalized spacial score (nSPS) is 17.5. The van der Waals surface area contributed by atoms with Crippen molar-refractivity contribution < 1.29 is 24.5 Å². The van der Waals surface area contributed by atoms with E-state index in [2.05, 4.69) is 15.9 Å². The number of amides is 1. The molecule has 6 nitrogen and oxygen atoms in total. The van der Waals surface area contributed by atoms with Crippen LogP contribution < -0.4 is 9.64 Å². The summed E-state index contributed by atoms with van der Waals surface area (Å²) >= 11 is 3.40. The molecule has 0 bridgehead atoms. The molecule has 1 fully saturated rings. The minimum atomic E-state index is -0.868. The van der Waals surface area contributed by atoms with Crippen LogP contribution in [0, 0.1) is 13.8 Å². The lowest BCUT2D eigenvalue weighted by molar-refractivity contribution is -0.132. The molecule has 4 rings (SSSR count). The average Bonchev–Trinajstić information content (AvgIpc) is 3.04. The van der Waals surface area contributed by atoms with Crippen LogP contribution in [-0.2, 0) is 9.59 Å². The van der Waals surface area contributed by atoms with Crippen LogP contribution in [0.5, 0.6) is 11.5 Å². The van der Waals surface area contributed by atoms with Crippen molar-refractivity contribution in [3.05, 3.63) is 93.0 Å². The molecule has 1 aliphatic rings. The molecule has 0 radical (unpaired) electrons. The van der Waals surface area contributed by atoms with Gasteiger partial charge in [0.25, 0.3) is 11.7 Å². The Labute approximate surface area is 199 Å². The van der Waals surface area contributed by atoms with Gasteiger partial charge in [-0.15, -0.1) is 0 Å². The van der Waals surface area contributed by atoms with E-state index in [1.807, 2.05) is 26.0 Å². The molecule has 3 aromatic carbocycles. The second-order valence-electron chi connectivity index (χ2n) is 7.90. The molecule has 1 heterocycles. The number of methoxy groups -OCH3 is 1. The van der Waals surface area contributed by atoms with Gasteiger partial charge in [0, 0.05) is 11.3 Å². The Morgan fingerprint density at radius 2 is 1.70 bits per heavy atom. The van der Waals surface area contributed by atoms with Crippen molar-refractivity contribution in [2.75, 3.05) is 12.0 Å². The first kappa shape index (κ1) is 22.6. The second kappa shape index (κ2) is 8.75. The molecule has 33 heavy (non-hydrogen) atoms. The molecule has 1 unspecified atom stereocenters. The highest BCUT2D eigenvalue weighted by atomic mass is 79.9. The summed E-state index contributed by atoms with van der Waals surface area (Å²) in [7, 11) is 1.53. The Morgan fingerprint density at radius 3 is 2.30 bits per heavy atom. The summed E-state index contributed by atoms with van der Waals surface area (Å²) < 4.78 is 5.84. The number of ketones is 1. The molecule has 0 aliphatic carbocycles. The molecule has 0 spiro atoms. The number of Topliss-reactive ketones (excluding diaryl/α,β-unsaturated/α-hetero) is 1. The maximum absolute atomic E-state index is 13.3. The maximum Gasteiger partial charge on any atom is 0.300 e. The third-order valence-corrected chi connectivity index (χ3v) is 6.31. The predicted molar refractivity (Wildman–Crippen MR) is 129 cm³/mol. The van der Waals surface area contributed by atoms with Crippen LogP contribution in [0.2, 0.25) is 0 Å². The van der Waals surface area contributed by atoms with Crippen molar-refractivity contribution >= 4 is 39.1 Å². The molecule has 0 aromatic heterocycles. The smallest absolute Gasteiger partial charge is 0.300 e. The summed E-state index contributed by atoms with van der Waals surface area (Å²) in [6.45, 7) is 3.82. The van der Waals surface area contributed by atoms with Gasteiger partial charge in [-0.2, -0.15) is 0 Å². The van der Waals surface area contributed by atoms with E-state index in [0.717, 1.165) is 11.1 Å². The highest BCUT2D eigenvalue weighted by Crippen LogP contribution is 2.44. The van der Waals surface area contributed by atoms with Crippen LogP contribution in [0.4, 0.5) is 5.69 Å². The fourth-order valence-corrected chi connectivity index (χ4v) is 4.64. The standard InChI is InChI=1S/C26H22BrNO5/c1-14-4-10-20(15(2)12-14)28-23(16-5-8-18(29)9-6-16)22(25(31)26(28)32)24(30)17-7-11-21(33-3)19(27)13-17/h4-13,23,29-30H,1-3H3/b24-22+. The Morgan fingerprint density at radius 1 is 1.00 bits per heavy atom. The molecule has 1 atom stereocenters. The molecule has 1 saturated heterocycles. The number of aryl methyl sites for hydroxylation is 2. The topological polar surface area (TPSA) is 87.1 Å². The van der Waals surface area contributed by atoms with Gasteiger partial charge in [0.1, 0.15) is 17.3 Å². The van der Waals surface area contributed by atoms with Crippen molar-refractivity contribution in [2.45, 2.75) is 19.9 Å². The fraction of sp³-hybridized carbons (Fsp3) is 0.154. The molecule has 1 aliphatic heterocycles. The van der Waals surface area contributed by atoms with Crippen molar-refractivity contribution in [1.82, 2.24) is 0 Å². The number of aromatic hydroxyl groups is 1. The quantitative estimate of drug-likeness (QED) is 0.280. The lowest BCUT2D eigenvalue weighted by Gasteiger charge is -2.27. The number of aliphatic hydroxyl groups is 1. The largest absolute Gasteiger partial charge is 0.508 e. The first-order valence-electron chi connectivity index (χ1n) is 10.2. The third-order valence-electron chi connectivity index (χ3n) is 5.69. The SMILES string of the molecule is COc1ccc(/C(O)=C2\C(=O)C(=O)N(c3ccc(C)cc3C)C2c2ccc(O)cc2)cc1Br. The van der Waals surface area contributed by atoms with Gasteiger partial charge >= 0.3 is 0 Å². The number of rotatable bonds is 4. The first-order chi connectivity index (χ1) is 15.7. The van der Waals surface area contributed by atoms with Gasteiger partial charge in [-0.05, 0) is 77.3 Å². The molecule has 7 heteroatoms. The summed E-state index contributed by atoms with van der Waals surface area (Å²) in [5.41, 5.74) is 3.36. The highest BCUT2D eigenvalue weighted by Gasteiger charge is 2.47. The monoisotopic (exact) mass is 507 g/mol. The number of phenolic OH excluding ortho intramolecular Hbond substituents is 1. The zero-order valence-corrected chi connectivity index (χ0v) is 19.9. The van der Waals surface area contributed by atoms with E-state index in [4.69, 9.17) is 4.74 Å². The second-order valence-corrected chi connectivity index (χ2v) is 8.75. The number of anilines is 1. The minimum absolute atomic E-state index is 0.0252. The van der Waals surface area contributed by atoms with Crippen molar-refractivity contribution in [1.29, 1.82) is 0 Å². The lowest BCUT2D eigenvalue weighted by atomic mass is 9.94. The van der Waals surface area contributed by atoms with Crippen LogP contribution in [0.3, 0.4) is 0 Å². The number of phenols is 1. The van der Waals surface area contributed by atoms with Gasteiger partial charge < -0.3 is 14.9 Å². The number of benzene rings is 3. The Kier molecular flexibility index (Phi) is 5.99. The number of carbonyl (C=O) groups is 2. The summed E-state index contributed by atoms with van der Waals surface area (Å²) in [4.78, 5) is 27.9. The van der Waals surface area contributed by atoms with Gasteiger partial charge in [0.05, 0.1) is 23.2 Å². The average molecular weight is 508 g/mol. The zero-order chi connectivity index (χ0) is 23.9. The minimum Gasteiger partial charge on any atom is -0.508 e. The molecular formula is C26H22BrNO5. The van der Waals surface area contributed by atoms with E-state index in [1.165, 1.54) is 24.1 Å². The van der Waals surface area contributed by atoms with Gasteiger partial charge in [-0.25, -0.2) is 0 Å². The van der Waals surface area contributed by atoms with Gasteiger partial charge in [-0.1, -0.05) is 29.8 Å². The van der Waals surface area contributed by atoms with Crippen molar-refractivity contribution in [3.63, 3.8) is 0 Å². The first-order valence-corrected chi connectivity index (χ1v) is 11.0. The molecule has 3 aromatic rings. The zero-order valence-electron chi connectivity index (χ0n) is 18.3. The predicted octanol–water partition coefficient (Wildman–Crippen LogP) is 5.41. The van der Waals surface area contributed by atoms with Crippen molar-refractivity contribution in [2.24, 2.45) is 0 Å². The van der Waals surface area contributed by atoms with Gasteiger partial charge in [0.2, 0.25) is 0 Å². The Bertz CT molecular complexity index is 1300. The van der Waals surface area contributed by atoms with Gasteiger partial charge in [0.15, 0.2) is 0 Å². The number of hydrogen-bond donors (Lipinski definition) is 2. The van der Waals surface area contributed by atoms with E-state index >= 15 is 0 Å². The van der Waals surface area contributed by atoms with Crippen LogP contribution in [-0.4, -0.2) is 29.0 Å². The highest BCUT2D eigenvalue weighted by molar-refractivity contribution is 9.10.